The number of carbonyl (C=O) groups excluding carboxylic acids is 3. The minimum Gasteiger partial charge on any atom is -0.462 e. The van der Waals surface area contributed by atoms with Crippen molar-refractivity contribution in [1.29, 1.82) is 0 Å². The number of carbonyl (C=O) groups is 3. The van der Waals surface area contributed by atoms with Crippen LogP contribution in [0, 0.1) is 0 Å². The fourth-order valence-electron chi connectivity index (χ4n) is 6.90. The molecule has 0 aromatic rings. The second-order valence-corrected chi connectivity index (χ2v) is 17.8. The molecule has 0 rings (SSSR count). The quantitative estimate of drug-likeness (QED) is 0.0199. The minimum absolute atomic E-state index is 0.126. The Kier molecular flexibility index (Phi) is 54.6. The van der Waals surface area contributed by atoms with Crippen LogP contribution in [0.15, 0.2) is 182 Å². The molecule has 0 aliphatic heterocycles. The van der Waals surface area contributed by atoms with Gasteiger partial charge in [0.05, 0.1) is 0 Å². The van der Waals surface area contributed by atoms with Gasteiger partial charge in [-0.05, 0) is 122 Å². The summed E-state index contributed by atoms with van der Waals surface area (Å²) in [5.74, 6) is -1.03. The Bertz CT molecular complexity index is 1770. The van der Waals surface area contributed by atoms with Gasteiger partial charge in [0.2, 0.25) is 0 Å². The Morgan fingerprint density at radius 3 is 0.945 bits per heavy atom. The van der Waals surface area contributed by atoms with E-state index in [1.807, 2.05) is 60.8 Å². The third kappa shape index (κ3) is 57.3. The maximum atomic E-state index is 12.9. The van der Waals surface area contributed by atoms with E-state index < -0.39 is 6.10 Å². The van der Waals surface area contributed by atoms with Crippen LogP contribution in [0.25, 0.3) is 0 Å². The van der Waals surface area contributed by atoms with Gasteiger partial charge in [-0.3, -0.25) is 14.4 Å². The van der Waals surface area contributed by atoms with Crippen LogP contribution in [0.3, 0.4) is 0 Å². The maximum absolute atomic E-state index is 12.9. The van der Waals surface area contributed by atoms with Gasteiger partial charge in [0.25, 0.3) is 0 Å². The van der Waals surface area contributed by atoms with Gasteiger partial charge in [-0.15, -0.1) is 0 Å². The highest BCUT2D eigenvalue weighted by molar-refractivity contribution is 5.71. The lowest BCUT2D eigenvalue weighted by Gasteiger charge is -2.18. The van der Waals surface area contributed by atoms with Crippen molar-refractivity contribution in [3.05, 3.63) is 182 Å². The lowest BCUT2D eigenvalue weighted by atomic mass is 10.1. The van der Waals surface area contributed by atoms with E-state index >= 15 is 0 Å². The van der Waals surface area contributed by atoms with E-state index in [4.69, 9.17) is 14.2 Å². The van der Waals surface area contributed by atoms with Crippen LogP contribution in [0.2, 0.25) is 0 Å². The van der Waals surface area contributed by atoms with Crippen molar-refractivity contribution in [2.45, 2.75) is 207 Å². The van der Waals surface area contributed by atoms with E-state index in [0.29, 0.717) is 12.8 Å². The molecule has 0 bridgehead atoms. The molecule has 73 heavy (non-hydrogen) atoms. The van der Waals surface area contributed by atoms with Gasteiger partial charge in [0.15, 0.2) is 6.10 Å². The summed E-state index contributed by atoms with van der Waals surface area (Å²) >= 11 is 0. The number of ether oxygens (including phenoxy) is 3. The number of hydrogen-bond donors (Lipinski definition) is 0. The molecule has 6 nitrogen and oxygen atoms in total. The van der Waals surface area contributed by atoms with Crippen LogP contribution in [0.1, 0.15) is 201 Å². The average molecular weight is 1000 g/mol. The van der Waals surface area contributed by atoms with Crippen LogP contribution in [-0.4, -0.2) is 37.2 Å². The molecule has 0 saturated carbocycles. The van der Waals surface area contributed by atoms with Gasteiger partial charge >= 0.3 is 17.9 Å². The van der Waals surface area contributed by atoms with E-state index in [1.54, 1.807) is 0 Å². The Labute approximate surface area is 446 Å². The van der Waals surface area contributed by atoms with E-state index in [2.05, 4.69) is 142 Å². The van der Waals surface area contributed by atoms with Crippen molar-refractivity contribution in [2.75, 3.05) is 13.2 Å². The largest absolute Gasteiger partial charge is 0.462 e. The third-order valence-corrected chi connectivity index (χ3v) is 11.0. The lowest BCUT2D eigenvalue weighted by Crippen LogP contribution is -2.30. The molecule has 0 amide bonds. The molecule has 404 valence electrons. The predicted octanol–water partition coefficient (Wildman–Crippen LogP) is 19.3. The molecule has 0 aromatic carbocycles. The van der Waals surface area contributed by atoms with Crippen LogP contribution >= 0.6 is 0 Å². The van der Waals surface area contributed by atoms with E-state index in [1.165, 1.54) is 12.8 Å². The topological polar surface area (TPSA) is 78.9 Å². The first kappa shape index (κ1) is 67.5. The first-order chi connectivity index (χ1) is 36.0. The lowest BCUT2D eigenvalue weighted by molar-refractivity contribution is -0.167. The fraction of sp³-hybridized carbons (Fsp3) is 0.507. The molecule has 0 radical (unpaired) electrons. The highest BCUT2D eigenvalue weighted by Gasteiger charge is 2.19. The summed E-state index contributed by atoms with van der Waals surface area (Å²) < 4.78 is 16.8. The summed E-state index contributed by atoms with van der Waals surface area (Å²) in [5, 5.41) is 0. The molecule has 0 aliphatic rings. The van der Waals surface area contributed by atoms with E-state index in [-0.39, 0.29) is 44.0 Å². The number of hydrogen-bond acceptors (Lipinski definition) is 6. The molecule has 0 spiro atoms. The monoisotopic (exact) mass is 1000 g/mol. The predicted molar refractivity (Wildman–Crippen MR) is 315 cm³/mol. The molecule has 0 fully saturated rings. The molecule has 0 aliphatic carbocycles. The molecule has 0 saturated heterocycles. The maximum Gasteiger partial charge on any atom is 0.306 e. The summed E-state index contributed by atoms with van der Waals surface area (Å²) in [6.45, 7) is 6.16. The molecule has 0 heterocycles. The second-order valence-electron chi connectivity index (χ2n) is 17.8. The Morgan fingerprint density at radius 1 is 0.288 bits per heavy atom. The van der Waals surface area contributed by atoms with Gasteiger partial charge in [0.1, 0.15) is 13.2 Å². The van der Waals surface area contributed by atoms with Crippen molar-refractivity contribution in [3.63, 3.8) is 0 Å². The Morgan fingerprint density at radius 2 is 0.562 bits per heavy atom. The summed E-state index contributed by atoms with van der Waals surface area (Å²) in [4.78, 5) is 38.2. The van der Waals surface area contributed by atoms with Crippen molar-refractivity contribution >= 4 is 17.9 Å². The van der Waals surface area contributed by atoms with Gasteiger partial charge < -0.3 is 14.2 Å². The van der Waals surface area contributed by atoms with Crippen molar-refractivity contribution < 1.29 is 28.6 Å². The van der Waals surface area contributed by atoms with Crippen LogP contribution in [-0.2, 0) is 28.6 Å². The molecule has 1 atom stereocenters. The average Bonchev–Trinajstić information content (AvgIpc) is 3.39. The highest BCUT2D eigenvalue weighted by atomic mass is 16.6. The van der Waals surface area contributed by atoms with Crippen LogP contribution in [0.4, 0.5) is 0 Å². The third-order valence-electron chi connectivity index (χ3n) is 11.0. The van der Waals surface area contributed by atoms with Crippen molar-refractivity contribution in [2.24, 2.45) is 0 Å². The normalized spacial score (nSPS) is 13.5. The molecular formula is C67H100O6. The molecule has 0 aromatic heterocycles. The number of allylic oxidation sites excluding steroid dienone is 30. The summed E-state index contributed by atoms with van der Waals surface area (Å²) in [6.07, 6.45) is 88.7. The SMILES string of the molecule is CC\C=C/C=C\C=C/C=C\C=C\C=C/CCCCCC(=O)OCC(COC(=O)CCCCC/C=C\C/C=C\C/C=C\C/C=C\C/C=C\CC)OC(=O)CCCCCCCC/C=C\C/C=C\C/C=C\C/C=C\CC. The van der Waals surface area contributed by atoms with Crippen molar-refractivity contribution in [3.8, 4) is 0 Å². The number of esters is 3. The van der Waals surface area contributed by atoms with Gasteiger partial charge in [0, 0.05) is 19.3 Å². The smallest absolute Gasteiger partial charge is 0.306 e. The molecule has 1 unspecified atom stereocenters. The van der Waals surface area contributed by atoms with Crippen LogP contribution in [0.5, 0.6) is 0 Å². The van der Waals surface area contributed by atoms with E-state index in [0.717, 1.165) is 141 Å². The Hall–Kier alpha value is -5.49. The molecule has 6 heteroatoms. The highest BCUT2D eigenvalue weighted by Crippen LogP contribution is 2.12. The second kappa shape index (κ2) is 59.1. The van der Waals surface area contributed by atoms with E-state index in [9.17, 15) is 14.4 Å². The zero-order valence-corrected chi connectivity index (χ0v) is 46.1. The zero-order valence-electron chi connectivity index (χ0n) is 46.1. The van der Waals surface area contributed by atoms with Crippen LogP contribution < -0.4 is 0 Å². The first-order valence-electron chi connectivity index (χ1n) is 28.4. The number of unbranched alkanes of at least 4 members (excludes halogenated alkanes) is 12. The van der Waals surface area contributed by atoms with Gasteiger partial charge in [-0.25, -0.2) is 0 Å². The summed E-state index contributed by atoms with van der Waals surface area (Å²) in [5.41, 5.74) is 0. The standard InChI is InChI=1S/C67H100O6/c1-4-7-10-13-16-19-22-25-28-31-33-36-39-42-45-48-51-54-57-60-66(69)72-63-64(62-71-65(68)59-56-53-50-47-44-41-38-35-30-27-24-21-18-15-12-9-6-3)73-67(70)61-58-55-52-49-46-43-40-37-34-32-29-26-23-20-17-14-11-8-5-2/h7-12,15-21,24-30,33-38,41-42,44-45,64H,4-6,13-14,22-23,31-32,39-40,43,46-63H2,1-3H3/b10-7-,11-8-,12-9-,18-15-,19-16-,20-17-,24-21-,28-25-,29-26-,30-27-,36-33-,37-34-,38-35+,44-41-,45-42-. The number of rotatable bonds is 48. The molecule has 0 N–H and O–H groups in total. The van der Waals surface area contributed by atoms with Crippen molar-refractivity contribution in [1.82, 2.24) is 0 Å². The first-order valence-corrected chi connectivity index (χ1v) is 28.4. The fourth-order valence-corrected chi connectivity index (χ4v) is 6.90. The minimum atomic E-state index is -0.831. The zero-order chi connectivity index (χ0) is 52.9. The summed E-state index contributed by atoms with van der Waals surface area (Å²) in [7, 11) is 0. The summed E-state index contributed by atoms with van der Waals surface area (Å²) in [6, 6.07) is 0. The molecular weight excluding hydrogens is 901 g/mol. The van der Waals surface area contributed by atoms with Gasteiger partial charge in [-0.2, -0.15) is 0 Å². The van der Waals surface area contributed by atoms with Gasteiger partial charge in [-0.1, -0.05) is 242 Å². The Balaban J connectivity index is 4.61.